The quantitative estimate of drug-likeness (QED) is 0.518. The van der Waals surface area contributed by atoms with Crippen molar-refractivity contribution in [2.24, 2.45) is 5.92 Å². The Morgan fingerprint density at radius 2 is 1.79 bits per heavy atom. The molecule has 150 valence electrons. The van der Waals surface area contributed by atoms with Gasteiger partial charge in [-0.05, 0) is 74.7 Å². The van der Waals surface area contributed by atoms with Crippen LogP contribution in [0.3, 0.4) is 0 Å². The second-order valence-corrected chi connectivity index (χ2v) is 8.93. The zero-order valence-corrected chi connectivity index (χ0v) is 18.8. The molecule has 2 N–H and O–H groups in total. The summed E-state index contributed by atoms with van der Waals surface area (Å²) in [5, 5.41) is 16.8. The smallest absolute Gasteiger partial charge is 0.291 e. The molecule has 2 aromatic carbocycles. The predicted molar refractivity (Wildman–Crippen MR) is 118 cm³/mol. The Labute approximate surface area is 185 Å². The number of nitrogens with one attached hydrogen (secondary N) is 1. The van der Waals surface area contributed by atoms with E-state index in [4.69, 9.17) is 0 Å². The molecule has 0 spiro atoms. The maximum Gasteiger partial charge on any atom is 0.291 e. The number of H-pyrrole nitrogens is 1. The molecule has 0 atom stereocenters. The first-order chi connectivity index (χ1) is 14.0. The highest BCUT2D eigenvalue weighted by atomic mass is 79.9. The Hall–Kier alpha value is -2.19. The van der Waals surface area contributed by atoms with Gasteiger partial charge in [-0.25, -0.2) is 4.98 Å². The van der Waals surface area contributed by atoms with Crippen molar-refractivity contribution in [2.75, 3.05) is 13.1 Å². The summed E-state index contributed by atoms with van der Waals surface area (Å²) in [4.78, 5) is 19.0. The van der Waals surface area contributed by atoms with Crippen molar-refractivity contribution in [3.05, 3.63) is 62.8 Å². The number of carbonyl (C=O) groups excluding carboxylic acids is 1. The molecule has 0 saturated carbocycles. The standard InChI is InChI=1S/C21H20Br2N4O2/c22-16-11-15(12-17(23)18(16)28)19-24-20(26-25-19)21(29)27-8-6-14(7-9-27)10-13-4-2-1-3-5-13/h1-5,11-12,14,28H,6-10H2,(H,24,25,26). The maximum atomic E-state index is 12.8. The number of aromatic amines is 1. The van der Waals surface area contributed by atoms with E-state index in [1.54, 1.807) is 12.1 Å². The lowest BCUT2D eigenvalue weighted by molar-refractivity contribution is 0.0678. The van der Waals surface area contributed by atoms with Gasteiger partial charge < -0.3 is 10.0 Å². The van der Waals surface area contributed by atoms with Crippen LogP contribution in [0.5, 0.6) is 5.75 Å². The van der Waals surface area contributed by atoms with E-state index in [-0.39, 0.29) is 17.5 Å². The first-order valence-corrected chi connectivity index (χ1v) is 11.0. The highest BCUT2D eigenvalue weighted by molar-refractivity contribution is 9.11. The van der Waals surface area contributed by atoms with Crippen molar-refractivity contribution in [2.45, 2.75) is 19.3 Å². The van der Waals surface area contributed by atoms with Crippen molar-refractivity contribution in [3.8, 4) is 17.1 Å². The minimum Gasteiger partial charge on any atom is -0.506 e. The second kappa shape index (κ2) is 8.67. The lowest BCUT2D eigenvalue weighted by Crippen LogP contribution is -2.39. The van der Waals surface area contributed by atoms with Crippen molar-refractivity contribution >= 4 is 37.8 Å². The number of hydrogen-bond acceptors (Lipinski definition) is 4. The lowest BCUT2D eigenvalue weighted by Gasteiger charge is -2.31. The van der Waals surface area contributed by atoms with Gasteiger partial charge in [-0.2, -0.15) is 5.10 Å². The summed E-state index contributed by atoms with van der Waals surface area (Å²) in [6.07, 6.45) is 3.03. The van der Waals surface area contributed by atoms with Gasteiger partial charge in [0.05, 0.1) is 8.95 Å². The largest absolute Gasteiger partial charge is 0.506 e. The minimum atomic E-state index is -0.126. The van der Waals surface area contributed by atoms with Crippen molar-refractivity contribution in [1.82, 2.24) is 20.1 Å². The number of aromatic hydroxyl groups is 1. The molecule has 1 aromatic heterocycles. The number of phenols is 1. The van der Waals surface area contributed by atoms with Gasteiger partial charge in [0.15, 0.2) is 5.82 Å². The first kappa shape index (κ1) is 20.1. The fourth-order valence-corrected chi connectivity index (χ4v) is 4.80. The Bertz CT molecular complexity index is 992. The Morgan fingerprint density at radius 1 is 1.14 bits per heavy atom. The lowest BCUT2D eigenvalue weighted by atomic mass is 9.90. The van der Waals surface area contributed by atoms with Gasteiger partial charge in [0, 0.05) is 18.7 Å². The van der Waals surface area contributed by atoms with Gasteiger partial charge in [0.25, 0.3) is 5.91 Å². The van der Waals surface area contributed by atoms with Crippen LogP contribution in [0.4, 0.5) is 0 Å². The highest BCUT2D eigenvalue weighted by Gasteiger charge is 2.26. The van der Waals surface area contributed by atoms with Crippen LogP contribution in [0, 0.1) is 5.92 Å². The number of amides is 1. The average molecular weight is 520 g/mol. The monoisotopic (exact) mass is 518 g/mol. The van der Waals surface area contributed by atoms with E-state index >= 15 is 0 Å². The van der Waals surface area contributed by atoms with Crippen LogP contribution < -0.4 is 0 Å². The molecule has 1 aliphatic heterocycles. The zero-order chi connectivity index (χ0) is 20.4. The van der Waals surface area contributed by atoms with Gasteiger partial charge in [-0.3, -0.25) is 9.89 Å². The van der Waals surface area contributed by atoms with Crippen LogP contribution in [0.1, 0.15) is 29.0 Å². The van der Waals surface area contributed by atoms with E-state index in [2.05, 4.69) is 71.3 Å². The molecule has 0 bridgehead atoms. The third kappa shape index (κ3) is 4.53. The summed E-state index contributed by atoms with van der Waals surface area (Å²) in [6.45, 7) is 1.45. The van der Waals surface area contributed by atoms with Gasteiger partial charge in [0.1, 0.15) is 5.75 Å². The number of halogens is 2. The molecule has 0 unspecified atom stereocenters. The van der Waals surface area contributed by atoms with Crippen LogP contribution in [0.15, 0.2) is 51.4 Å². The molecule has 6 nitrogen and oxygen atoms in total. The van der Waals surface area contributed by atoms with Crippen molar-refractivity contribution in [3.63, 3.8) is 0 Å². The number of hydrogen-bond donors (Lipinski definition) is 2. The Morgan fingerprint density at radius 3 is 2.45 bits per heavy atom. The number of nitrogens with zero attached hydrogens (tertiary/aromatic N) is 3. The Balaban J connectivity index is 1.40. The number of carbonyl (C=O) groups is 1. The maximum absolute atomic E-state index is 12.8. The number of phenolic OH excluding ortho intramolecular Hbond substituents is 1. The summed E-state index contributed by atoms with van der Waals surface area (Å²) in [6, 6.07) is 13.9. The average Bonchev–Trinajstić information content (AvgIpc) is 3.23. The molecular weight excluding hydrogens is 500 g/mol. The highest BCUT2D eigenvalue weighted by Crippen LogP contribution is 2.36. The van der Waals surface area contributed by atoms with Crippen LogP contribution in [0.2, 0.25) is 0 Å². The predicted octanol–water partition coefficient (Wildman–Crippen LogP) is 4.80. The number of aromatic nitrogens is 3. The van der Waals surface area contributed by atoms with E-state index < -0.39 is 0 Å². The number of benzene rings is 2. The molecule has 8 heteroatoms. The fourth-order valence-electron chi connectivity index (χ4n) is 3.62. The molecule has 29 heavy (non-hydrogen) atoms. The normalized spacial score (nSPS) is 14.9. The third-order valence-electron chi connectivity index (χ3n) is 5.23. The van der Waals surface area contributed by atoms with Crippen LogP contribution in [-0.2, 0) is 6.42 Å². The molecular formula is C21H20Br2N4O2. The van der Waals surface area contributed by atoms with E-state index in [1.165, 1.54) is 5.56 Å². The summed E-state index contributed by atoms with van der Waals surface area (Å²) < 4.78 is 1.06. The van der Waals surface area contributed by atoms with Crippen LogP contribution >= 0.6 is 31.9 Å². The second-order valence-electron chi connectivity index (χ2n) is 7.22. The summed E-state index contributed by atoms with van der Waals surface area (Å²) >= 11 is 6.60. The van der Waals surface area contributed by atoms with Gasteiger partial charge >= 0.3 is 0 Å². The molecule has 1 saturated heterocycles. The number of likely N-dealkylation sites (tertiary alicyclic amines) is 1. The summed E-state index contributed by atoms with van der Waals surface area (Å²) in [5.41, 5.74) is 2.04. The van der Waals surface area contributed by atoms with Crippen LogP contribution in [-0.4, -0.2) is 44.2 Å². The Kier molecular flexibility index (Phi) is 6.01. The number of piperidine rings is 1. The van der Waals surface area contributed by atoms with E-state index in [1.807, 2.05) is 11.0 Å². The van der Waals surface area contributed by atoms with Crippen molar-refractivity contribution < 1.29 is 9.90 Å². The first-order valence-electron chi connectivity index (χ1n) is 9.45. The molecule has 2 heterocycles. The van der Waals surface area contributed by atoms with E-state index in [9.17, 15) is 9.90 Å². The van der Waals surface area contributed by atoms with Gasteiger partial charge in [0.2, 0.25) is 5.82 Å². The molecule has 0 aliphatic carbocycles. The molecule has 1 aliphatic rings. The topological polar surface area (TPSA) is 82.1 Å². The SMILES string of the molecule is O=C(c1nc(-c2cc(Br)c(O)c(Br)c2)n[nH]1)N1CCC(Cc2ccccc2)CC1. The summed E-state index contributed by atoms with van der Waals surface area (Å²) in [5.74, 6) is 1.23. The van der Waals surface area contributed by atoms with Crippen molar-refractivity contribution in [1.29, 1.82) is 0 Å². The zero-order valence-electron chi connectivity index (χ0n) is 15.6. The van der Waals surface area contributed by atoms with E-state index in [0.29, 0.717) is 26.3 Å². The van der Waals surface area contributed by atoms with Gasteiger partial charge in [-0.15, -0.1) is 0 Å². The molecule has 4 rings (SSSR count). The van der Waals surface area contributed by atoms with E-state index in [0.717, 1.165) is 32.4 Å². The third-order valence-corrected chi connectivity index (χ3v) is 6.44. The molecule has 1 amide bonds. The fraction of sp³-hybridized carbons (Fsp3) is 0.286. The molecule has 0 radical (unpaired) electrons. The van der Waals surface area contributed by atoms with Crippen LogP contribution in [0.25, 0.3) is 11.4 Å². The minimum absolute atomic E-state index is 0.110. The van der Waals surface area contributed by atoms with Gasteiger partial charge in [-0.1, -0.05) is 30.3 Å². The summed E-state index contributed by atoms with van der Waals surface area (Å²) in [7, 11) is 0. The molecule has 1 fully saturated rings. The number of rotatable bonds is 4. The molecule has 3 aromatic rings.